The average Bonchev–Trinajstić information content (AvgIpc) is 3.52. The Balaban J connectivity index is 1.44. The zero-order chi connectivity index (χ0) is 23.2. The first-order valence-corrected chi connectivity index (χ1v) is 12.6. The largest absolute Gasteiger partial charge is 0.497 e. The number of methoxy groups -OCH3 is 1. The number of aliphatic carboxylic acids is 1. The smallest absolute Gasteiger partial charge is 0.326 e. The van der Waals surface area contributed by atoms with Crippen LogP contribution in [0.1, 0.15) is 29.7 Å². The van der Waals surface area contributed by atoms with Crippen molar-refractivity contribution in [1.29, 1.82) is 0 Å². The summed E-state index contributed by atoms with van der Waals surface area (Å²) in [4.78, 5) is 55.3. The number of imide groups is 1. The second-order valence-electron chi connectivity index (χ2n) is 9.29. The lowest BCUT2D eigenvalue weighted by Gasteiger charge is -2.43. The van der Waals surface area contributed by atoms with E-state index in [0.29, 0.717) is 0 Å². The first kappa shape index (κ1) is 21.0. The maximum absolute atomic E-state index is 13.3. The standard InChI is InChI=1S/C23H22N2O6S2/c1-8(22(28)29)25-20(26)15-11-7-12(16(15)21(25)27)17-14(11)13(9-3-5-10(31-2)6-4-9)18-19(32-17)24-23(30)33-18/h3-6,8,11-17H,7H2,1-2H3,(H,24,30)(H,28,29)/t8?,11?,12?,13-,14?,15?,16?,17?/m1/s1. The quantitative estimate of drug-likeness (QED) is 0.638. The molecule has 0 spiro atoms. The van der Waals surface area contributed by atoms with E-state index in [1.165, 1.54) is 18.3 Å². The number of ether oxygens (including phenoxy) is 1. The molecule has 1 aromatic heterocycles. The first-order chi connectivity index (χ1) is 15.8. The van der Waals surface area contributed by atoms with Crippen molar-refractivity contribution in [2.45, 2.75) is 35.6 Å². The molecule has 4 aliphatic rings. The monoisotopic (exact) mass is 486 g/mol. The van der Waals surface area contributed by atoms with Gasteiger partial charge in [-0.3, -0.25) is 19.3 Å². The molecule has 2 aliphatic heterocycles. The second-order valence-corrected chi connectivity index (χ2v) is 11.5. The Labute approximate surface area is 197 Å². The number of thiazole rings is 1. The molecule has 8 nitrogen and oxygen atoms in total. The summed E-state index contributed by atoms with van der Waals surface area (Å²) in [5, 5.41) is 10.4. The summed E-state index contributed by atoms with van der Waals surface area (Å²) in [6.45, 7) is 1.39. The molecule has 10 heteroatoms. The number of amides is 2. The van der Waals surface area contributed by atoms with Gasteiger partial charge >= 0.3 is 10.8 Å². The highest BCUT2D eigenvalue weighted by atomic mass is 32.2. The van der Waals surface area contributed by atoms with Crippen LogP contribution in [0.3, 0.4) is 0 Å². The van der Waals surface area contributed by atoms with E-state index in [1.54, 1.807) is 18.9 Å². The molecule has 6 rings (SSSR count). The molecule has 33 heavy (non-hydrogen) atoms. The Hall–Kier alpha value is -2.59. The highest BCUT2D eigenvalue weighted by molar-refractivity contribution is 8.00. The van der Waals surface area contributed by atoms with Gasteiger partial charge in [0.1, 0.15) is 11.8 Å². The van der Waals surface area contributed by atoms with Crippen LogP contribution in [0.25, 0.3) is 0 Å². The number of likely N-dealkylation sites (tertiary alicyclic amines) is 1. The van der Waals surface area contributed by atoms with E-state index in [9.17, 15) is 24.3 Å². The summed E-state index contributed by atoms with van der Waals surface area (Å²) >= 11 is 2.83. The number of fused-ring (bicyclic) bond motifs is 9. The summed E-state index contributed by atoms with van der Waals surface area (Å²) in [7, 11) is 1.61. The highest BCUT2D eigenvalue weighted by Gasteiger charge is 2.70. The van der Waals surface area contributed by atoms with Gasteiger partial charge in [-0.15, -0.1) is 11.8 Å². The van der Waals surface area contributed by atoms with E-state index < -0.39 is 23.8 Å². The Bertz CT molecular complexity index is 1240. The number of carboxylic acid groups (broad SMARTS) is 1. The van der Waals surface area contributed by atoms with E-state index in [4.69, 9.17) is 4.74 Å². The minimum absolute atomic E-state index is 0.0188. The maximum atomic E-state index is 13.3. The number of hydrogen-bond acceptors (Lipinski definition) is 7. The van der Waals surface area contributed by atoms with Gasteiger partial charge in [0.05, 0.1) is 24.0 Å². The van der Waals surface area contributed by atoms with E-state index in [2.05, 4.69) is 4.98 Å². The summed E-state index contributed by atoms with van der Waals surface area (Å²) in [6, 6.07) is 6.65. The molecular formula is C23H22N2O6S2. The van der Waals surface area contributed by atoms with Crippen LogP contribution in [0.2, 0.25) is 0 Å². The van der Waals surface area contributed by atoms with E-state index in [0.717, 1.165) is 32.5 Å². The molecular weight excluding hydrogens is 464 g/mol. The van der Waals surface area contributed by atoms with Gasteiger partial charge < -0.3 is 14.8 Å². The lowest BCUT2D eigenvalue weighted by atomic mass is 9.68. The number of hydrogen-bond donors (Lipinski definition) is 2. The normalized spacial score (nSPS) is 34.7. The van der Waals surface area contributed by atoms with E-state index in [-0.39, 0.29) is 45.6 Å². The van der Waals surface area contributed by atoms with Crippen molar-refractivity contribution in [3.63, 3.8) is 0 Å². The fourth-order valence-electron chi connectivity index (χ4n) is 6.72. The Kier molecular flexibility index (Phi) is 4.58. The molecule has 2 amide bonds. The van der Waals surface area contributed by atoms with Crippen LogP contribution >= 0.6 is 23.1 Å². The summed E-state index contributed by atoms with van der Waals surface area (Å²) < 4.78 is 5.31. The molecule has 3 heterocycles. The number of carbonyl (C=O) groups is 3. The third-order valence-electron chi connectivity index (χ3n) is 7.98. The van der Waals surface area contributed by atoms with Crippen LogP contribution < -0.4 is 9.61 Å². The molecule has 2 aromatic rings. The number of aromatic amines is 1. The van der Waals surface area contributed by atoms with Gasteiger partial charge in [0.2, 0.25) is 11.8 Å². The number of thioether (sulfide) groups is 1. The Morgan fingerprint density at radius 2 is 1.82 bits per heavy atom. The molecule has 1 aromatic carbocycles. The van der Waals surface area contributed by atoms with Gasteiger partial charge in [-0.05, 0) is 48.8 Å². The lowest BCUT2D eigenvalue weighted by molar-refractivity contribution is -0.154. The van der Waals surface area contributed by atoms with Crippen molar-refractivity contribution >= 4 is 40.9 Å². The van der Waals surface area contributed by atoms with Crippen LogP contribution in [-0.2, 0) is 14.4 Å². The number of carbonyl (C=O) groups excluding carboxylic acids is 2. The second kappa shape index (κ2) is 7.20. The third-order valence-corrected chi connectivity index (χ3v) is 10.6. The summed E-state index contributed by atoms with van der Waals surface area (Å²) in [5.74, 6) is -2.11. The fourth-order valence-corrected chi connectivity index (χ4v) is 9.61. The first-order valence-electron chi connectivity index (χ1n) is 10.9. The van der Waals surface area contributed by atoms with Gasteiger partial charge in [0, 0.05) is 16.0 Å². The molecule has 1 saturated heterocycles. The number of rotatable bonds is 4. The maximum Gasteiger partial charge on any atom is 0.326 e. The van der Waals surface area contributed by atoms with Crippen molar-refractivity contribution < 1.29 is 24.2 Å². The predicted octanol–water partition coefficient (Wildman–Crippen LogP) is 2.39. The fraction of sp³-hybridized carbons (Fsp3) is 0.478. The van der Waals surface area contributed by atoms with Crippen LogP contribution in [0.5, 0.6) is 5.75 Å². The van der Waals surface area contributed by atoms with Gasteiger partial charge in [0.25, 0.3) is 0 Å². The average molecular weight is 487 g/mol. The van der Waals surface area contributed by atoms with Crippen LogP contribution in [-0.4, -0.2) is 51.2 Å². The molecule has 2 aliphatic carbocycles. The minimum atomic E-state index is -1.17. The van der Waals surface area contributed by atoms with Crippen LogP contribution in [0.15, 0.2) is 34.1 Å². The number of aromatic nitrogens is 1. The lowest BCUT2D eigenvalue weighted by Crippen LogP contribution is -2.44. The zero-order valence-electron chi connectivity index (χ0n) is 17.9. The van der Waals surface area contributed by atoms with Crippen molar-refractivity contribution in [2.24, 2.45) is 29.6 Å². The molecule has 172 valence electrons. The summed E-state index contributed by atoms with van der Waals surface area (Å²) in [6.07, 6.45) is 0.774. The van der Waals surface area contributed by atoms with Gasteiger partial charge in [-0.25, -0.2) is 4.79 Å². The van der Waals surface area contributed by atoms with Crippen LogP contribution in [0, 0.1) is 29.6 Å². The molecule has 2 N–H and O–H groups in total. The molecule has 0 radical (unpaired) electrons. The molecule has 3 fully saturated rings. The SMILES string of the molecule is COc1ccc([C@H]2c3sc(=O)[nH]c3SC3C4CC(C5C(=O)N(C(C)C(=O)O)C(=O)C45)C32)cc1. The third kappa shape index (κ3) is 2.76. The number of nitrogens with zero attached hydrogens (tertiary/aromatic N) is 1. The van der Waals surface area contributed by atoms with Crippen LogP contribution in [0.4, 0.5) is 0 Å². The number of H-pyrrole nitrogens is 1. The van der Waals surface area contributed by atoms with Crippen molar-refractivity contribution in [1.82, 2.24) is 9.88 Å². The van der Waals surface area contributed by atoms with E-state index in [1.807, 2.05) is 24.3 Å². The molecule has 8 atom stereocenters. The summed E-state index contributed by atoms with van der Waals surface area (Å²) in [5.41, 5.74) is 1.05. The van der Waals surface area contributed by atoms with Gasteiger partial charge in [-0.2, -0.15) is 0 Å². The molecule has 2 saturated carbocycles. The van der Waals surface area contributed by atoms with Gasteiger partial charge in [0.15, 0.2) is 0 Å². The molecule has 7 unspecified atom stereocenters. The molecule has 2 bridgehead atoms. The zero-order valence-corrected chi connectivity index (χ0v) is 19.5. The Morgan fingerprint density at radius 3 is 2.45 bits per heavy atom. The highest BCUT2D eigenvalue weighted by Crippen LogP contribution is 2.68. The number of benzene rings is 1. The van der Waals surface area contributed by atoms with Crippen molar-refractivity contribution in [3.8, 4) is 5.75 Å². The van der Waals surface area contributed by atoms with Gasteiger partial charge in [-0.1, -0.05) is 23.5 Å². The minimum Gasteiger partial charge on any atom is -0.497 e. The van der Waals surface area contributed by atoms with E-state index >= 15 is 0 Å². The van der Waals surface area contributed by atoms with Crippen molar-refractivity contribution in [3.05, 3.63) is 44.4 Å². The topological polar surface area (TPSA) is 117 Å². The predicted molar refractivity (Wildman–Crippen MR) is 120 cm³/mol. The van der Waals surface area contributed by atoms with Crippen molar-refractivity contribution in [2.75, 3.05) is 7.11 Å². The number of carboxylic acids is 1. The Morgan fingerprint density at radius 1 is 1.15 bits per heavy atom. The number of nitrogens with one attached hydrogen (secondary N) is 1.